The molecule has 0 spiro atoms. The van der Waals surface area contributed by atoms with E-state index in [1.54, 1.807) is 0 Å². The second-order valence-corrected chi connectivity index (χ2v) is 8.40. The lowest BCUT2D eigenvalue weighted by Crippen LogP contribution is -2.30. The van der Waals surface area contributed by atoms with Gasteiger partial charge in [0.25, 0.3) is 0 Å². The number of halogens is 2. The lowest BCUT2D eigenvalue weighted by molar-refractivity contribution is -0.140. The number of nitrogens with zero attached hydrogens (tertiary/aromatic N) is 1. The van der Waals surface area contributed by atoms with E-state index in [4.69, 9.17) is 4.74 Å². The molecule has 5 heteroatoms. The van der Waals surface area contributed by atoms with Gasteiger partial charge in [-0.2, -0.15) is 4.39 Å². The Morgan fingerprint density at radius 3 is 2.30 bits per heavy atom. The zero-order chi connectivity index (χ0) is 19.2. The Kier molecular flexibility index (Phi) is 7.20. The van der Waals surface area contributed by atoms with Gasteiger partial charge in [-0.05, 0) is 56.3 Å². The number of rotatable bonds is 6. The Bertz CT molecular complexity index is 621. The van der Waals surface area contributed by atoms with Crippen LogP contribution in [0.15, 0.2) is 12.3 Å². The van der Waals surface area contributed by atoms with Gasteiger partial charge in [0, 0.05) is 6.07 Å². The first-order chi connectivity index (χ1) is 13.1. The van der Waals surface area contributed by atoms with Gasteiger partial charge in [0.2, 0.25) is 5.95 Å². The average Bonchev–Trinajstić information content (AvgIpc) is 2.70. The second-order valence-electron chi connectivity index (χ2n) is 8.40. The van der Waals surface area contributed by atoms with Crippen molar-refractivity contribution in [1.82, 2.24) is 4.98 Å². The molecule has 2 saturated carbocycles. The van der Waals surface area contributed by atoms with Crippen LogP contribution < -0.4 is 4.74 Å². The smallest absolute Gasteiger partial charge is 0.314 e. The molecule has 2 aliphatic carbocycles. The topological polar surface area (TPSA) is 39.2 Å². The van der Waals surface area contributed by atoms with E-state index < -0.39 is 11.8 Å². The predicted octanol–water partition coefficient (Wildman–Crippen LogP) is 6.07. The summed E-state index contributed by atoms with van der Waals surface area (Å²) in [5.41, 5.74) is 0. The Morgan fingerprint density at radius 1 is 1.07 bits per heavy atom. The zero-order valence-electron chi connectivity index (χ0n) is 16.3. The van der Waals surface area contributed by atoms with Gasteiger partial charge in [-0.15, -0.1) is 0 Å². The Hall–Kier alpha value is -1.52. The monoisotopic (exact) mass is 379 g/mol. The third-order valence-corrected chi connectivity index (χ3v) is 6.62. The highest BCUT2D eigenvalue weighted by atomic mass is 19.2. The van der Waals surface area contributed by atoms with Crippen molar-refractivity contribution in [3.05, 3.63) is 24.0 Å². The first-order valence-corrected chi connectivity index (χ1v) is 10.6. The minimum Gasteiger partial charge on any atom is -0.425 e. The number of unbranched alkanes of at least 4 members (excludes halogenated alkanes) is 1. The maximum atomic E-state index is 13.2. The third-order valence-electron chi connectivity index (χ3n) is 6.62. The summed E-state index contributed by atoms with van der Waals surface area (Å²) in [5, 5.41) is 0. The second kappa shape index (κ2) is 9.61. The van der Waals surface area contributed by atoms with E-state index in [0.717, 1.165) is 55.7 Å². The van der Waals surface area contributed by atoms with Gasteiger partial charge in [-0.1, -0.05) is 39.0 Å². The van der Waals surface area contributed by atoms with Gasteiger partial charge >= 0.3 is 5.97 Å². The van der Waals surface area contributed by atoms with Crippen molar-refractivity contribution >= 4 is 5.97 Å². The number of ether oxygens (including phenoxy) is 1. The van der Waals surface area contributed by atoms with E-state index in [1.807, 2.05) is 0 Å². The molecule has 0 bridgehead atoms. The first kappa shape index (κ1) is 20.2. The fourth-order valence-corrected chi connectivity index (χ4v) is 4.93. The summed E-state index contributed by atoms with van der Waals surface area (Å²) in [6.45, 7) is 2.26. The number of hydrogen-bond acceptors (Lipinski definition) is 3. The number of carbonyl (C=O) groups is 1. The van der Waals surface area contributed by atoms with Gasteiger partial charge < -0.3 is 4.74 Å². The highest BCUT2D eigenvalue weighted by molar-refractivity contribution is 5.75. The SMILES string of the molecule is CCCCC1CCC(C2CCC(C(=O)Oc3cnc(F)c(F)c3)CC2)CC1. The molecule has 1 aromatic heterocycles. The van der Waals surface area contributed by atoms with Crippen LogP contribution in [0.5, 0.6) is 5.75 Å². The molecule has 0 radical (unpaired) electrons. The normalized spacial score (nSPS) is 28.7. The molecular weight excluding hydrogens is 348 g/mol. The number of pyridine rings is 1. The van der Waals surface area contributed by atoms with Crippen LogP contribution in [0.25, 0.3) is 0 Å². The molecule has 2 aliphatic rings. The van der Waals surface area contributed by atoms with Crippen LogP contribution in [0.4, 0.5) is 8.78 Å². The van der Waals surface area contributed by atoms with Crippen molar-refractivity contribution < 1.29 is 18.3 Å². The number of esters is 1. The van der Waals surface area contributed by atoms with Gasteiger partial charge in [0.15, 0.2) is 11.6 Å². The molecule has 2 fully saturated rings. The standard InChI is InChI=1S/C22H31F2NO2/c1-2-3-4-15-5-7-16(8-6-15)17-9-11-18(12-10-17)22(26)27-19-13-20(23)21(24)25-14-19/h13-18H,2-12H2,1H3. The molecule has 150 valence electrons. The zero-order valence-corrected chi connectivity index (χ0v) is 16.3. The van der Waals surface area contributed by atoms with Crippen LogP contribution >= 0.6 is 0 Å². The van der Waals surface area contributed by atoms with E-state index >= 15 is 0 Å². The summed E-state index contributed by atoms with van der Waals surface area (Å²) in [6, 6.07) is 0.878. The summed E-state index contributed by atoms with van der Waals surface area (Å²) in [5.74, 6) is -0.317. The van der Waals surface area contributed by atoms with Crippen molar-refractivity contribution in [3.63, 3.8) is 0 Å². The van der Waals surface area contributed by atoms with Crippen molar-refractivity contribution in [1.29, 1.82) is 0 Å². The summed E-state index contributed by atoms with van der Waals surface area (Å²) in [4.78, 5) is 15.6. The minimum atomic E-state index is -1.18. The summed E-state index contributed by atoms with van der Waals surface area (Å²) in [6.07, 6.45) is 14.3. The molecule has 1 heterocycles. The lowest BCUT2D eigenvalue weighted by Gasteiger charge is -2.37. The van der Waals surface area contributed by atoms with Crippen LogP contribution in [0.3, 0.4) is 0 Å². The van der Waals surface area contributed by atoms with Crippen LogP contribution in [0, 0.1) is 35.4 Å². The molecule has 27 heavy (non-hydrogen) atoms. The molecule has 1 aromatic rings. The Labute approximate surface area is 160 Å². The fourth-order valence-electron chi connectivity index (χ4n) is 4.93. The Balaban J connectivity index is 1.42. The van der Waals surface area contributed by atoms with Crippen molar-refractivity contribution in [2.45, 2.75) is 77.6 Å². The van der Waals surface area contributed by atoms with Crippen molar-refractivity contribution in [2.24, 2.45) is 23.7 Å². The summed E-state index contributed by atoms with van der Waals surface area (Å²) in [7, 11) is 0. The molecule has 0 aromatic carbocycles. The minimum absolute atomic E-state index is 0.0218. The van der Waals surface area contributed by atoms with Crippen LogP contribution in [-0.2, 0) is 4.79 Å². The quantitative estimate of drug-likeness (QED) is 0.445. The predicted molar refractivity (Wildman–Crippen MR) is 100 cm³/mol. The summed E-state index contributed by atoms with van der Waals surface area (Å²) < 4.78 is 31.3. The highest BCUT2D eigenvalue weighted by Gasteiger charge is 2.33. The van der Waals surface area contributed by atoms with Crippen LogP contribution in [0.2, 0.25) is 0 Å². The van der Waals surface area contributed by atoms with Gasteiger partial charge in [-0.3, -0.25) is 4.79 Å². The number of hydrogen-bond donors (Lipinski definition) is 0. The first-order valence-electron chi connectivity index (χ1n) is 10.6. The van der Waals surface area contributed by atoms with Gasteiger partial charge in [0.05, 0.1) is 12.1 Å². The number of carbonyl (C=O) groups excluding carboxylic acids is 1. The van der Waals surface area contributed by atoms with E-state index in [-0.39, 0.29) is 17.6 Å². The van der Waals surface area contributed by atoms with E-state index in [1.165, 1.54) is 44.9 Å². The molecule has 0 N–H and O–H groups in total. The number of aromatic nitrogens is 1. The third kappa shape index (κ3) is 5.49. The fraction of sp³-hybridized carbons (Fsp3) is 0.727. The van der Waals surface area contributed by atoms with Crippen LogP contribution in [0.1, 0.15) is 77.6 Å². The summed E-state index contributed by atoms with van der Waals surface area (Å²) >= 11 is 0. The van der Waals surface area contributed by atoms with Crippen molar-refractivity contribution in [2.75, 3.05) is 0 Å². The maximum Gasteiger partial charge on any atom is 0.314 e. The molecule has 3 nitrogen and oxygen atoms in total. The lowest BCUT2D eigenvalue weighted by atomic mass is 9.68. The molecule has 0 atom stereocenters. The molecule has 3 rings (SSSR count). The average molecular weight is 379 g/mol. The Morgan fingerprint density at radius 2 is 1.70 bits per heavy atom. The molecule has 0 aliphatic heterocycles. The maximum absolute atomic E-state index is 13.2. The van der Waals surface area contributed by atoms with E-state index in [9.17, 15) is 13.6 Å². The van der Waals surface area contributed by atoms with E-state index in [2.05, 4.69) is 11.9 Å². The molecular formula is C22H31F2NO2. The van der Waals surface area contributed by atoms with Crippen LogP contribution in [-0.4, -0.2) is 11.0 Å². The van der Waals surface area contributed by atoms with Crippen molar-refractivity contribution in [3.8, 4) is 5.75 Å². The molecule has 0 unspecified atom stereocenters. The largest absolute Gasteiger partial charge is 0.425 e. The van der Waals surface area contributed by atoms with Gasteiger partial charge in [-0.25, -0.2) is 9.37 Å². The molecule has 0 saturated heterocycles. The highest BCUT2D eigenvalue weighted by Crippen LogP contribution is 2.42. The van der Waals surface area contributed by atoms with Gasteiger partial charge in [0.1, 0.15) is 0 Å². The molecule has 0 amide bonds. The van der Waals surface area contributed by atoms with E-state index in [0.29, 0.717) is 0 Å².